The molecule has 106 valence electrons. The maximum atomic E-state index is 12.0. The molecule has 20 heavy (non-hydrogen) atoms. The zero-order chi connectivity index (χ0) is 14.8. The molecule has 0 unspecified atom stereocenters. The van der Waals surface area contributed by atoms with E-state index in [1.165, 1.54) is 0 Å². The Balaban J connectivity index is 2.15. The monoisotopic (exact) mass is 295 g/mol. The van der Waals surface area contributed by atoms with Crippen molar-refractivity contribution >= 4 is 16.0 Å². The average Bonchev–Trinajstić information content (AvgIpc) is 2.88. The predicted molar refractivity (Wildman–Crippen MR) is 70.9 cm³/mol. The molecule has 1 aromatic carbocycles. The molecule has 0 aliphatic rings. The van der Waals surface area contributed by atoms with Gasteiger partial charge in [-0.2, -0.15) is 0 Å². The first-order chi connectivity index (χ1) is 9.40. The van der Waals surface area contributed by atoms with Crippen LogP contribution in [0.1, 0.15) is 21.7 Å². The first kappa shape index (κ1) is 14.3. The summed E-state index contributed by atoms with van der Waals surface area (Å²) in [6.07, 6.45) is 0. The van der Waals surface area contributed by atoms with Gasteiger partial charge >= 0.3 is 5.97 Å². The Morgan fingerprint density at radius 2 is 1.95 bits per heavy atom. The Hall–Kier alpha value is -2.12. The van der Waals surface area contributed by atoms with E-state index in [1.54, 1.807) is 0 Å². The van der Waals surface area contributed by atoms with E-state index in [-0.39, 0.29) is 6.54 Å². The third-order valence-electron chi connectivity index (χ3n) is 2.77. The summed E-state index contributed by atoms with van der Waals surface area (Å²) in [6, 6.07) is 9.57. The van der Waals surface area contributed by atoms with Crippen LogP contribution in [0.2, 0.25) is 0 Å². The average molecular weight is 295 g/mol. The van der Waals surface area contributed by atoms with E-state index < -0.39 is 26.8 Å². The number of aromatic carboxylic acids is 1. The first-order valence-electron chi connectivity index (χ1n) is 5.77. The number of benzene rings is 1. The minimum atomic E-state index is -3.87. The highest BCUT2D eigenvalue weighted by Crippen LogP contribution is 2.15. The molecule has 1 aromatic heterocycles. The Labute approximate surface area is 116 Å². The quantitative estimate of drug-likeness (QED) is 0.876. The zero-order valence-electron chi connectivity index (χ0n) is 10.7. The minimum absolute atomic E-state index is 0.109. The third-order valence-corrected chi connectivity index (χ3v) is 4.04. The summed E-state index contributed by atoms with van der Waals surface area (Å²) in [6.45, 7) is 1.98. The van der Waals surface area contributed by atoms with Crippen LogP contribution in [-0.4, -0.2) is 19.5 Å². The maximum absolute atomic E-state index is 12.0. The van der Waals surface area contributed by atoms with Crippen LogP contribution in [0.4, 0.5) is 0 Å². The smallest absolute Gasteiger partial charge is 0.371 e. The van der Waals surface area contributed by atoms with Gasteiger partial charge in [0.25, 0.3) is 10.0 Å². The molecule has 6 nitrogen and oxygen atoms in total. The molecule has 2 rings (SSSR count). The summed E-state index contributed by atoms with van der Waals surface area (Å²) < 4.78 is 31.1. The molecule has 0 amide bonds. The van der Waals surface area contributed by atoms with Crippen molar-refractivity contribution in [1.82, 2.24) is 4.72 Å². The van der Waals surface area contributed by atoms with Gasteiger partial charge in [0.05, 0.1) is 0 Å². The number of hydrogen-bond donors (Lipinski definition) is 2. The van der Waals surface area contributed by atoms with Crippen molar-refractivity contribution in [1.29, 1.82) is 0 Å². The lowest BCUT2D eigenvalue weighted by atomic mass is 10.1. The summed E-state index contributed by atoms with van der Waals surface area (Å²) in [5.74, 6) is -1.73. The van der Waals surface area contributed by atoms with Gasteiger partial charge in [-0.1, -0.05) is 24.3 Å². The SMILES string of the molecule is Cc1ccccc1CNS(=O)(=O)c1ccc(C(=O)O)o1. The highest BCUT2D eigenvalue weighted by molar-refractivity contribution is 7.89. The number of aryl methyl sites for hydroxylation is 1. The maximum Gasteiger partial charge on any atom is 0.371 e. The molecule has 0 radical (unpaired) electrons. The summed E-state index contributed by atoms with van der Waals surface area (Å²) in [4.78, 5) is 10.7. The predicted octanol–water partition coefficient (Wildman–Crippen LogP) is 1.76. The molecule has 0 aliphatic heterocycles. The second-order valence-corrected chi connectivity index (χ2v) is 5.87. The third kappa shape index (κ3) is 3.06. The van der Waals surface area contributed by atoms with Crippen molar-refractivity contribution in [2.75, 3.05) is 0 Å². The van der Waals surface area contributed by atoms with Crippen LogP contribution in [-0.2, 0) is 16.6 Å². The van der Waals surface area contributed by atoms with Crippen molar-refractivity contribution in [3.05, 3.63) is 53.3 Å². The van der Waals surface area contributed by atoms with E-state index >= 15 is 0 Å². The van der Waals surface area contributed by atoms with Crippen molar-refractivity contribution in [2.24, 2.45) is 0 Å². The fraction of sp³-hybridized carbons (Fsp3) is 0.154. The number of furan rings is 1. The second-order valence-electron chi connectivity index (χ2n) is 4.17. The summed E-state index contributed by atoms with van der Waals surface area (Å²) in [7, 11) is -3.87. The lowest BCUT2D eigenvalue weighted by Gasteiger charge is -2.06. The van der Waals surface area contributed by atoms with E-state index in [2.05, 4.69) is 4.72 Å². The van der Waals surface area contributed by atoms with Crippen LogP contribution in [0.15, 0.2) is 45.9 Å². The molecular weight excluding hydrogens is 282 g/mol. The van der Waals surface area contributed by atoms with E-state index in [1.807, 2.05) is 31.2 Å². The van der Waals surface area contributed by atoms with E-state index in [0.717, 1.165) is 23.3 Å². The largest absolute Gasteiger partial charge is 0.475 e. The standard InChI is InChI=1S/C13H13NO5S/c1-9-4-2-3-5-10(9)8-14-20(17,18)12-7-6-11(19-12)13(15)16/h2-7,14H,8H2,1H3,(H,15,16). The Bertz CT molecular complexity index is 733. The molecule has 0 aliphatic carbocycles. The normalized spacial score (nSPS) is 11.4. The van der Waals surface area contributed by atoms with Gasteiger partial charge in [0, 0.05) is 6.54 Å². The lowest BCUT2D eigenvalue weighted by Crippen LogP contribution is -2.23. The fourth-order valence-corrected chi connectivity index (χ4v) is 2.57. The second kappa shape index (κ2) is 5.48. The number of nitrogens with one attached hydrogen (secondary N) is 1. The lowest BCUT2D eigenvalue weighted by molar-refractivity contribution is 0.0656. The van der Waals surface area contributed by atoms with Gasteiger partial charge in [0.1, 0.15) is 0 Å². The number of carboxylic acids is 1. The van der Waals surface area contributed by atoms with E-state index in [0.29, 0.717) is 0 Å². The van der Waals surface area contributed by atoms with Gasteiger partial charge in [0.2, 0.25) is 10.9 Å². The van der Waals surface area contributed by atoms with Gasteiger partial charge < -0.3 is 9.52 Å². The summed E-state index contributed by atoms with van der Waals surface area (Å²) in [5, 5.41) is 8.29. The van der Waals surface area contributed by atoms with Crippen LogP contribution in [0.25, 0.3) is 0 Å². The molecule has 0 saturated carbocycles. The van der Waals surface area contributed by atoms with Crippen LogP contribution >= 0.6 is 0 Å². The molecular formula is C13H13NO5S. The zero-order valence-corrected chi connectivity index (χ0v) is 11.5. The van der Waals surface area contributed by atoms with Crippen molar-refractivity contribution < 1.29 is 22.7 Å². The number of carbonyl (C=O) groups is 1. The van der Waals surface area contributed by atoms with Crippen molar-refractivity contribution in [2.45, 2.75) is 18.6 Å². The van der Waals surface area contributed by atoms with Crippen LogP contribution < -0.4 is 4.72 Å². The molecule has 2 aromatic rings. The molecule has 0 saturated heterocycles. The van der Waals surface area contributed by atoms with Gasteiger partial charge in [-0.3, -0.25) is 0 Å². The number of hydrogen-bond acceptors (Lipinski definition) is 4. The Morgan fingerprint density at radius 1 is 1.25 bits per heavy atom. The Kier molecular flexibility index (Phi) is 3.91. The number of carboxylic acid groups (broad SMARTS) is 1. The molecule has 7 heteroatoms. The molecule has 0 spiro atoms. The molecule has 0 bridgehead atoms. The van der Waals surface area contributed by atoms with Crippen LogP contribution in [0.3, 0.4) is 0 Å². The van der Waals surface area contributed by atoms with E-state index in [9.17, 15) is 13.2 Å². The van der Waals surface area contributed by atoms with Gasteiger partial charge in [-0.15, -0.1) is 0 Å². The first-order valence-corrected chi connectivity index (χ1v) is 7.26. The van der Waals surface area contributed by atoms with Crippen LogP contribution in [0.5, 0.6) is 0 Å². The van der Waals surface area contributed by atoms with Crippen molar-refractivity contribution in [3.8, 4) is 0 Å². The molecule has 0 atom stereocenters. The molecule has 2 N–H and O–H groups in total. The molecule has 0 fully saturated rings. The minimum Gasteiger partial charge on any atom is -0.475 e. The highest BCUT2D eigenvalue weighted by atomic mass is 32.2. The fourth-order valence-electron chi connectivity index (χ4n) is 1.63. The highest BCUT2D eigenvalue weighted by Gasteiger charge is 2.20. The topological polar surface area (TPSA) is 96.6 Å². The number of rotatable bonds is 5. The summed E-state index contributed by atoms with van der Waals surface area (Å²) in [5.41, 5.74) is 1.79. The number of sulfonamides is 1. The Morgan fingerprint density at radius 3 is 2.55 bits per heavy atom. The van der Waals surface area contributed by atoms with Gasteiger partial charge in [0.15, 0.2) is 0 Å². The van der Waals surface area contributed by atoms with Crippen LogP contribution in [0, 0.1) is 6.92 Å². The molecule has 1 heterocycles. The van der Waals surface area contributed by atoms with Gasteiger partial charge in [-0.05, 0) is 30.2 Å². The summed E-state index contributed by atoms with van der Waals surface area (Å²) >= 11 is 0. The van der Waals surface area contributed by atoms with E-state index in [4.69, 9.17) is 9.52 Å². The van der Waals surface area contributed by atoms with Gasteiger partial charge in [-0.25, -0.2) is 17.9 Å². The van der Waals surface area contributed by atoms with Crippen molar-refractivity contribution in [3.63, 3.8) is 0 Å².